The molecule has 0 bridgehead atoms. The highest BCUT2D eigenvalue weighted by molar-refractivity contribution is 5.70. The van der Waals surface area contributed by atoms with Crippen LogP contribution in [0.4, 0.5) is 17.3 Å². The molecule has 0 aliphatic rings. The molecule has 3 aromatic rings. The molecule has 0 radical (unpaired) electrons. The summed E-state index contributed by atoms with van der Waals surface area (Å²) in [6, 6.07) is 9.88. The van der Waals surface area contributed by atoms with Crippen LogP contribution in [0.25, 0.3) is 0 Å². The maximum absolute atomic E-state index is 4.33. The fraction of sp³-hybridized carbons (Fsp3) is 0. The lowest BCUT2D eigenvalue weighted by atomic mass is 10.3. The number of rotatable bonds is 3. The van der Waals surface area contributed by atoms with Crippen molar-refractivity contribution in [1.82, 2.24) is 19.9 Å². The van der Waals surface area contributed by atoms with E-state index >= 15 is 0 Å². The van der Waals surface area contributed by atoms with E-state index < -0.39 is 0 Å². The van der Waals surface area contributed by atoms with Crippen LogP contribution in [-0.2, 0) is 0 Å². The van der Waals surface area contributed by atoms with Crippen LogP contribution in [0, 0.1) is 0 Å². The third-order valence-corrected chi connectivity index (χ3v) is 2.57. The van der Waals surface area contributed by atoms with E-state index in [1.807, 2.05) is 35.2 Å². The van der Waals surface area contributed by atoms with E-state index in [1.54, 1.807) is 37.2 Å². The predicted molar refractivity (Wildman–Crippen MR) is 72.3 cm³/mol. The Balaban J connectivity index is 2.12. The Morgan fingerprint density at radius 3 is 1.74 bits per heavy atom. The summed E-state index contributed by atoms with van der Waals surface area (Å²) in [6.45, 7) is 0. The van der Waals surface area contributed by atoms with Gasteiger partial charge in [0.15, 0.2) is 11.6 Å². The number of anilines is 3. The summed E-state index contributed by atoms with van der Waals surface area (Å²) in [5.74, 6) is 1.41. The summed E-state index contributed by atoms with van der Waals surface area (Å²) in [4.78, 5) is 18.8. The number of para-hydroxylation sites is 1. The van der Waals surface area contributed by atoms with Crippen molar-refractivity contribution in [2.75, 3.05) is 4.90 Å². The minimum absolute atomic E-state index is 0.703. The topological polar surface area (TPSA) is 54.8 Å². The minimum atomic E-state index is 0.703. The molecule has 3 rings (SSSR count). The molecular weight excluding hydrogens is 238 g/mol. The third-order valence-electron chi connectivity index (χ3n) is 2.57. The Morgan fingerprint density at radius 1 is 0.684 bits per heavy atom. The normalized spacial score (nSPS) is 10.1. The van der Waals surface area contributed by atoms with Gasteiger partial charge in [-0.1, -0.05) is 18.2 Å². The van der Waals surface area contributed by atoms with E-state index in [4.69, 9.17) is 0 Å². The van der Waals surface area contributed by atoms with Gasteiger partial charge in [-0.3, -0.25) is 14.9 Å². The van der Waals surface area contributed by atoms with Gasteiger partial charge < -0.3 is 0 Å². The maximum Gasteiger partial charge on any atom is 0.157 e. The molecule has 0 aliphatic heterocycles. The Morgan fingerprint density at radius 2 is 1.26 bits per heavy atom. The fourth-order valence-electron chi connectivity index (χ4n) is 1.77. The van der Waals surface area contributed by atoms with Crippen molar-refractivity contribution in [3.05, 3.63) is 67.5 Å². The second-order valence-corrected chi connectivity index (χ2v) is 3.80. The highest BCUT2D eigenvalue weighted by atomic mass is 15.2. The molecule has 0 N–H and O–H groups in total. The van der Waals surface area contributed by atoms with Gasteiger partial charge in [0.25, 0.3) is 0 Å². The van der Waals surface area contributed by atoms with E-state index in [9.17, 15) is 0 Å². The number of hydrogen-bond donors (Lipinski definition) is 0. The van der Waals surface area contributed by atoms with Crippen LogP contribution in [0.1, 0.15) is 0 Å². The monoisotopic (exact) mass is 249 g/mol. The Labute approximate surface area is 110 Å². The van der Waals surface area contributed by atoms with Crippen molar-refractivity contribution in [3.63, 3.8) is 0 Å². The first kappa shape index (κ1) is 11.3. The molecule has 0 saturated carbocycles. The first-order chi connectivity index (χ1) is 9.45. The van der Waals surface area contributed by atoms with Gasteiger partial charge in [0.05, 0.1) is 12.4 Å². The number of benzene rings is 1. The molecule has 2 aromatic heterocycles. The highest BCUT2D eigenvalue weighted by Gasteiger charge is 2.14. The van der Waals surface area contributed by atoms with E-state index in [2.05, 4.69) is 19.9 Å². The molecule has 0 unspecified atom stereocenters. The summed E-state index contributed by atoms with van der Waals surface area (Å²) in [6.07, 6.45) is 9.99. The van der Waals surface area contributed by atoms with Gasteiger partial charge in [0, 0.05) is 30.5 Å². The number of hydrogen-bond acceptors (Lipinski definition) is 5. The molecule has 0 amide bonds. The second kappa shape index (κ2) is 5.22. The SMILES string of the molecule is c1ccc(N(c2cnccn2)c2cnccn2)cc1. The minimum Gasteiger partial charge on any atom is -0.276 e. The van der Waals surface area contributed by atoms with Crippen LogP contribution in [0.2, 0.25) is 0 Å². The molecule has 0 spiro atoms. The summed E-state index contributed by atoms with van der Waals surface area (Å²) in [5, 5.41) is 0. The second-order valence-electron chi connectivity index (χ2n) is 3.80. The summed E-state index contributed by atoms with van der Waals surface area (Å²) < 4.78 is 0. The quantitative estimate of drug-likeness (QED) is 0.714. The maximum atomic E-state index is 4.33. The van der Waals surface area contributed by atoms with Crippen LogP contribution in [0.3, 0.4) is 0 Å². The number of nitrogens with zero attached hydrogens (tertiary/aromatic N) is 5. The van der Waals surface area contributed by atoms with Crippen molar-refractivity contribution in [1.29, 1.82) is 0 Å². The molecule has 0 aliphatic carbocycles. The van der Waals surface area contributed by atoms with E-state index in [1.165, 1.54) is 0 Å². The number of aromatic nitrogens is 4. The van der Waals surface area contributed by atoms with Crippen molar-refractivity contribution in [2.45, 2.75) is 0 Å². The average molecular weight is 249 g/mol. The Bertz CT molecular complexity index is 534. The first-order valence-corrected chi connectivity index (χ1v) is 5.82. The van der Waals surface area contributed by atoms with E-state index in [-0.39, 0.29) is 0 Å². The van der Waals surface area contributed by atoms with Gasteiger partial charge in [-0.25, -0.2) is 9.97 Å². The fourth-order valence-corrected chi connectivity index (χ4v) is 1.77. The molecule has 19 heavy (non-hydrogen) atoms. The molecule has 0 fully saturated rings. The van der Waals surface area contributed by atoms with Crippen LogP contribution in [0.15, 0.2) is 67.5 Å². The van der Waals surface area contributed by atoms with Crippen molar-refractivity contribution >= 4 is 17.3 Å². The Kier molecular flexibility index (Phi) is 3.10. The first-order valence-electron chi connectivity index (χ1n) is 5.82. The molecule has 2 heterocycles. The van der Waals surface area contributed by atoms with E-state index in [0.717, 1.165) is 5.69 Å². The Hall–Kier alpha value is -2.82. The third kappa shape index (κ3) is 2.40. The van der Waals surface area contributed by atoms with Gasteiger partial charge in [0.1, 0.15) is 0 Å². The van der Waals surface area contributed by atoms with E-state index in [0.29, 0.717) is 11.6 Å². The van der Waals surface area contributed by atoms with Crippen LogP contribution in [0.5, 0.6) is 0 Å². The lowest BCUT2D eigenvalue weighted by Gasteiger charge is -2.21. The van der Waals surface area contributed by atoms with Crippen LogP contribution < -0.4 is 4.90 Å². The van der Waals surface area contributed by atoms with Gasteiger partial charge in [0.2, 0.25) is 0 Å². The molecule has 1 aromatic carbocycles. The van der Waals surface area contributed by atoms with Crippen LogP contribution in [-0.4, -0.2) is 19.9 Å². The molecule has 5 heteroatoms. The lowest BCUT2D eigenvalue weighted by molar-refractivity contribution is 1.07. The van der Waals surface area contributed by atoms with Gasteiger partial charge in [-0.05, 0) is 12.1 Å². The predicted octanol–water partition coefficient (Wildman–Crippen LogP) is 2.74. The summed E-state index contributed by atoms with van der Waals surface area (Å²) >= 11 is 0. The van der Waals surface area contributed by atoms with Crippen molar-refractivity contribution in [3.8, 4) is 0 Å². The summed E-state index contributed by atoms with van der Waals surface area (Å²) in [5.41, 5.74) is 0.962. The van der Waals surface area contributed by atoms with Crippen molar-refractivity contribution < 1.29 is 0 Å². The zero-order valence-corrected chi connectivity index (χ0v) is 10.1. The highest BCUT2D eigenvalue weighted by Crippen LogP contribution is 2.29. The molecular formula is C14H11N5. The largest absolute Gasteiger partial charge is 0.276 e. The molecule has 5 nitrogen and oxygen atoms in total. The summed E-state index contributed by atoms with van der Waals surface area (Å²) in [7, 11) is 0. The smallest absolute Gasteiger partial charge is 0.157 e. The standard InChI is InChI=1S/C14H11N5/c1-2-4-12(5-3-1)19(13-10-15-6-8-17-13)14-11-16-7-9-18-14/h1-11H. The van der Waals surface area contributed by atoms with Gasteiger partial charge in [-0.15, -0.1) is 0 Å². The van der Waals surface area contributed by atoms with Crippen molar-refractivity contribution in [2.24, 2.45) is 0 Å². The zero-order chi connectivity index (χ0) is 12.9. The average Bonchev–Trinajstić information content (AvgIpc) is 2.51. The molecule has 0 saturated heterocycles. The van der Waals surface area contributed by atoms with Gasteiger partial charge >= 0.3 is 0 Å². The van der Waals surface area contributed by atoms with Crippen LogP contribution >= 0.6 is 0 Å². The zero-order valence-electron chi connectivity index (χ0n) is 10.1. The van der Waals surface area contributed by atoms with Gasteiger partial charge in [-0.2, -0.15) is 0 Å². The molecule has 0 atom stereocenters. The molecule has 92 valence electrons. The lowest BCUT2D eigenvalue weighted by Crippen LogP contribution is -2.13.